The van der Waals surface area contributed by atoms with E-state index >= 15 is 0 Å². The number of fused-ring (bicyclic) bond motifs is 1. The number of primary amides is 2. The minimum atomic E-state index is -1.77. The first-order valence-corrected chi connectivity index (χ1v) is 26.7. The molecule has 1 aromatic heterocycles. The number of thioether (sulfide) groups is 1. The maximum Gasteiger partial charge on any atom is 0.328 e. The van der Waals surface area contributed by atoms with Gasteiger partial charge in [0.15, 0.2) is 0 Å². The summed E-state index contributed by atoms with van der Waals surface area (Å²) in [6, 6.07) is -5.20. The van der Waals surface area contributed by atoms with Gasteiger partial charge in [-0.2, -0.15) is 11.8 Å². The van der Waals surface area contributed by atoms with E-state index in [0.717, 1.165) is 16.5 Å². The Morgan fingerprint density at radius 1 is 0.688 bits per heavy atom. The number of aromatic amines is 1. The van der Waals surface area contributed by atoms with E-state index in [1.807, 2.05) is 24.3 Å². The molecule has 2 aromatic rings. The van der Waals surface area contributed by atoms with Gasteiger partial charge in [-0.25, -0.2) is 4.79 Å². The molecule has 424 valence electrons. The van der Waals surface area contributed by atoms with Crippen molar-refractivity contribution < 1.29 is 72.9 Å². The molecule has 0 saturated carbocycles. The maximum absolute atomic E-state index is 14.5. The van der Waals surface area contributed by atoms with Crippen LogP contribution in [-0.2, 0) is 64.0 Å². The van der Waals surface area contributed by atoms with E-state index in [2.05, 4.69) is 36.9 Å². The van der Waals surface area contributed by atoms with E-state index < -0.39 is 151 Å². The van der Waals surface area contributed by atoms with E-state index in [1.165, 1.54) is 21.6 Å². The molecule has 0 spiro atoms. The molecule has 2 aliphatic rings. The Labute approximate surface area is 448 Å². The van der Waals surface area contributed by atoms with Crippen molar-refractivity contribution in [3.8, 4) is 0 Å². The molecule has 9 atom stereocenters. The molecular formula is C49H72N12O15S. The third kappa shape index (κ3) is 18.4. The lowest BCUT2D eigenvalue weighted by molar-refractivity contribution is -0.148. The van der Waals surface area contributed by atoms with Crippen molar-refractivity contribution in [1.82, 2.24) is 46.7 Å². The number of nitrogens with one attached hydrogen (secondary N) is 7. The fourth-order valence-electron chi connectivity index (χ4n) is 9.13. The number of carboxylic acids is 2. The van der Waals surface area contributed by atoms with Crippen LogP contribution in [0.2, 0.25) is 0 Å². The number of carbonyl (C=O) groups excluding carboxylic acids is 10. The van der Waals surface area contributed by atoms with Crippen molar-refractivity contribution in [1.29, 1.82) is 0 Å². The van der Waals surface area contributed by atoms with Gasteiger partial charge in [0, 0.05) is 43.0 Å². The van der Waals surface area contributed by atoms with Crippen LogP contribution in [0, 0.1) is 5.92 Å². The number of rotatable bonds is 31. The number of nitrogens with zero attached hydrogens (tertiary/aromatic N) is 2. The quantitative estimate of drug-likeness (QED) is 0.0354. The van der Waals surface area contributed by atoms with Crippen LogP contribution in [-0.4, -0.2) is 187 Å². The SMILES string of the molecule is CSCC[C@H](NC(=O)[C@H](CC(N)=O)NC(=O)[C@H](CCC(=O)O)NC(=O)[C@H](CC(C)C)NC(=O)[C@@H](N)Cc1c[nH]c2ccccc12)C(=O)N1CCC[C@H]1C(=O)N1CCC[C@H]1C(=O)N[C@@H](CCC(N)=O)C(=O)N[C@@H](CO)C(=O)O. The predicted molar refractivity (Wildman–Crippen MR) is 277 cm³/mol. The molecular weight excluding hydrogens is 1030 g/mol. The predicted octanol–water partition coefficient (Wildman–Crippen LogP) is -3.19. The van der Waals surface area contributed by atoms with Gasteiger partial charge >= 0.3 is 11.9 Å². The van der Waals surface area contributed by atoms with Gasteiger partial charge in [0.2, 0.25) is 59.1 Å². The van der Waals surface area contributed by atoms with Gasteiger partial charge in [-0.05, 0) is 87.3 Å². The highest BCUT2D eigenvalue weighted by molar-refractivity contribution is 7.98. The first-order chi connectivity index (χ1) is 36.4. The molecule has 10 amide bonds. The summed E-state index contributed by atoms with van der Waals surface area (Å²) in [6.07, 6.45) is 1.94. The van der Waals surface area contributed by atoms with Gasteiger partial charge in [0.05, 0.1) is 19.1 Å². The fraction of sp³-hybridized carbons (Fsp3) is 0.592. The van der Waals surface area contributed by atoms with Gasteiger partial charge in [-0.3, -0.25) is 52.7 Å². The van der Waals surface area contributed by atoms with Crippen LogP contribution >= 0.6 is 11.8 Å². The first kappa shape index (κ1) is 62.2. The molecule has 2 saturated heterocycles. The second-order valence-corrected chi connectivity index (χ2v) is 20.4. The lowest BCUT2D eigenvalue weighted by Crippen LogP contribution is -2.60. The second kappa shape index (κ2) is 29.8. The number of aliphatic carboxylic acids is 2. The van der Waals surface area contributed by atoms with Crippen LogP contribution in [0.4, 0.5) is 0 Å². The molecule has 27 nitrogen and oxygen atoms in total. The summed E-state index contributed by atoms with van der Waals surface area (Å²) in [4.78, 5) is 164. The summed E-state index contributed by atoms with van der Waals surface area (Å²) in [6.45, 7) is 2.72. The van der Waals surface area contributed by atoms with Gasteiger partial charge < -0.3 is 79.2 Å². The number of amides is 10. The summed E-state index contributed by atoms with van der Waals surface area (Å²) in [7, 11) is 0. The molecule has 2 aliphatic heterocycles. The monoisotopic (exact) mass is 1100 g/mol. The van der Waals surface area contributed by atoms with Gasteiger partial charge in [0.1, 0.15) is 48.3 Å². The molecule has 77 heavy (non-hydrogen) atoms. The first-order valence-electron chi connectivity index (χ1n) is 25.3. The minimum absolute atomic E-state index is 0.00536. The van der Waals surface area contributed by atoms with E-state index in [1.54, 1.807) is 26.3 Å². The van der Waals surface area contributed by atoms with Crippen molar-refractivity contribution in [2.45, 2.75) is 145 Å². The number of aromatic nitrogens is 1. The average molecular weight is 1100 g/mol. The van der Waals surface area contributed by atoms with Crippen LogP contribution in [0.15, 0.2) is 30.5 Å². The Morgan fingerprint density at radius 2 is 1.25 bits per heavy atom. The lowest BCUT2D eigenvalue weighted by Gasteiger charge is -2.33. The largest absolute Gasteiger partial charge is 0.481 e. The van der Waals surface area contributed by atoms with Crippen molar-refractivity contribution in [2.75, 3.05) is 31.7 Å². The van der Waals surface area contributed by atoms with Gasteiger partial charge in [-0.1, -0.05) is 32.0 Å². The van der Waals surface area contributed by atoms with Crippen LogP contribution in [0.5, 0.6) is 0 Å². The van der Waals surface area contributed by atoms with Crippen LogP contribution in [0.3, 0.4) is 0 Å². The van der Waals surface area contributed by atoms with E-state index in [4.69, 9.17) is 17.2 Å². The summed E-state index contributed by atoms with van der Waals surface area (Å²) in [5, 5.41) is 43.8. The lowest BCUT2D eigenvalue weighted by atomic mass is 10.0. The zero-order valence-electron chi connectivity index (χ0n) is 43.2. The number of carboxylic acid groups (broad SMARTS) is 2. The average Bonchev–Trinajstić information content (AvgIpc) is 4.17. The second-order valence-electron chi connectivity index (χ2n) is 19.5. The van der Waals surface area contributed by atoms with Crippen LogP contribution in [0.25, 0.3) is 10.9 Å². The Kier molecular flexibility index (Phi) is 24.1. The van der Waals surface area contributed by atoms with Gasteiger partial charge in [0.25, 0.3) is 0 Å². The van der Waals surface area contributed by atoms with Crippen molar-refractivity contribution >= 4 is 93.7 Å². The van der Waals surface area contributed by atoms with Gasteiger partial charge in [-0.15, -0.1) is 0 Å². The number of aliphatic hydroxyl groups is 1. The highest BCUT2D eigenvalue weighted by Gasteiger charge is 2.45. The van der Waals surface area contributed by atoms with E-state index in [9.17, 15) is 72.9 Å². The van der Waals surface area contributed by atoms with Crippen molar-refractivity contribution in [2.24, 2.45) is 23.1 Å². The standard InChI is InChI=1S/C49H72N12O15S/c1-25(2)20-33(57-41(67)28(50)21-26-23-53-29-9-5-4-8-27(26)29)44(70)54-31(13-15-40(65)66)42(68)58-34(22-39(52)64)45(71)56-32(16-19-77-3)47(73)61-18-7-11-37(61)48(74)60-17-6-10-36(60)46(72)55-30(12-14-38(51)63)43(69)59-35(24-62)49(75)76/h4-5,8-9,23,25,28,30-37,53,62H,6-7,10-22,24,50H2,1-3H3,(H2,51,63)(H2,52,64)(H,54,70)(H,55,72)(H,56,71)(H,57,67)(H,58,68)(H,59,69)(H,65,66)(H,75,76)/t28-,30-,31-,32-,33-,34-,35-,36-,37-/m0/s1. The van der Waals surface area contributed by atoms with Crippen molar-refractivity contribution in [3.05, 3.63) is 36.0 Å². The summed E-state index contributed by atoms with van der Waals surface area (Å²) in [5.41, 5.74) is 18.7. The summed E-state index contributed by atoms with van der Waals surface area (Å²) < 4.78 is 0. The molecule has 0 radical (unpaired) electrons. The third-order valence-electron chi connectivity index (χ3n) is 13.1. The highest BCUT2D eigenvalue weighted by atomic mass is 32.2. The number of para-hydroxylation sites is 1. The Balaban J connectivity index is 1.49. The maximum atomic E-state index is 14.5. The molecule has 3 heterocycles. The molecule has 0 aliphatic carbocycles. The summed E-state index contributed by atoms with van der Waals surface area (Å²) in [5.74, 6) is -11.5. The molecule has 0 unspecified atom stereocenters. The van der Waals surface area contributed by atoms with Crippen molar-refractivity contribution in [3.63, 3.8) is 0 Å². The molecule has 28 heteroatoms. The zero-order valence-corrected chi connectivity index (χ0v) is 44.1. The molecule has 0 bridgehead atoms. The Hall–Kier alpha value is -7.33. The smallest absolute Gasteiger partial charge is 0.328 e. The number of benzene rings is 1. The third-order valence-corrected chi connectivity index (χ3v) is 13.7. The number of H-pyrrole nitrogens is 1. The van der Waals surface area contributed by atoms with Crippen LogP contribution < -0.4 is 49.1 Å². The number of hydrogen-bond acceptors (Lipinski definition) is 15. The number of likely N-dealkylation sites (tertiary alicyclic amines) is 2. The fourth-order valence-corrected chi connectivity index (χ4v) is 9.60. The normalized spacial score (nSPS) is 17.9. The molecule has 1 aromatic carbocycles. The zero-order chi connectivity index (χ0) is 57.1. The Bertz CT molecular complexity index is 2490. The highest BCUT2D eigenvalue weighted by Crippen LogP contribution is 2.27. The van der Waals surface area contributed by atoms with Crippen LogP contribution in [0.1, 0.15) is 90.0 Å². The number of carbonyl (C=O) groups is 12. The topological polar surface area (TPSA) is 438 Å². The molecule has 4 rings (SSSR count). The number of nitrogens with two attached hydrogens (primary N) is 3. The molecule has 2 fully saturated rings. The molecule has 16 N–H and O–H groups in total. The van der Waals surface area contributed by atoms with E-state index in [-0.39, 0.29) is 64.0 Å². The summed E-state index contributed by atoms with van der Waals surface area (Å²) >= 11 is 1.32. The number of aliphatic hydroxyl groups excluding tert-OH is 1. The Morgan fingerprint density at radius 3 is 1.86 bits per heavy atom. The van der Waals surface area contributed by atoms with E-state index in [0.29, 0.717) is 18.6 Å². The minimum Gasteiger partial charge on any atom is -0.481 e. The number of hydrogen-bond donors (Lipinski definition) is 13.